The summed E-state index contributed by atoms with van der Waals surface area (Å²) in [5.41, 5.74) is 1.74. The van der Waals surface area contributed by atoms with E-state index in [9.17, 15) is 19.5 Å². The third kappa shape index (κ3) is 3.93. The van der Waals surface area contributed by atoms with Crippen molar-refractivity contribution in [1.82, 2.24) is 0 Å². The van der Waals surface area contributed by atoms with Gasteiger partial charge in [-0.3, -0.25) is 14.6 Å². The zero-order valence-electron chi connectivity index (χ0n) is 17.9. The van der Waals surface area contributed by atoms with Crippen LogP contribution in [0.2, 0.25) is 10.0 Å². The van der Waals surface area contributed by atoms with Crippen LogP contribution in [-0.2, 0) is 9.59 Å². The number of Topliss-reactive ketones (excluding diaryl/α,β-unsaturated/α-hetero) is 1. The first kappa shape index (κ1) is 22.5. The maximum Gasteiger partial charge on any atom is 0.335 e. The molecule has 4 rings (SSSR count). The molecule has 2 aliphatic rings. The average Bonchev–Trinajstić information content (AvgIpc) is 2.80. The van der Waals surface area contributed by atoms with Crippen LogP contribution in [0.5, 0.6) is 0 Å². The van der Waals surface area contributed by atoms with Crippen molar-refractivity contribution >= 4 is 57.9 Å². The van der Waals surface area contributed by atoms with Crippen molar-refractivity contribution in [3.63, 3.8) is 0 Å². The number of ketones is 1. The molecule has 0 bridgehead atoms. The number of carbonyl (C=O) groups is 3. The van der Waals surface area contributed by atoms with Gasteiger partial charge >= 0.3 is 5.97 Å². The smallest absolute Gasteiger partial charge is 0.335 e. The van der Waals surface area contributed by atoms with Gasteiger partial charge < -0.3 is 10.0 Å². The Morgan fingerprint density at radius 2 is 1.84 bits per heavy atom. The summed E-state index contributed by atoms with van der Waals surface area (Å²) in [6.07, 6.45) is 0.870. The predicted octanol–water partition coefficient (Wildman–Crippen LogP) is 5.88. The van der Waals surface area contributed by atoms with Crippen molar-refractivity contribution in [2.75, 3.05) is 4.90 Å². The van der Waals surface area contributed by atoms with Gasteiger partial charge in [-0.25, -0.2) is 4.79 Å². The quantitative estimate of drug-likeness (QED) is 0.591. The number of fused-ring (bicyclic) bond motifs is 2. The van der Waals surface area contributed by atoms with Crippen molar-refractivity contribution in [3.05, 3.63) is 57.6 Å². The summed E-state index contributed by atoms with van der Waals surface area (Å²) in [4.78, 5) is 44.3. The third-order valence-corrected chi connectivity index (χ3v) is 6.54. The molecule has 1 N–H and O–H groups in total. The number of anilines is 1. The van der Waals surface area contributed by atoms with Crippen LogP contribution in [0.3, 0.4) is 0 Å². The summed E-state index contributed by atoms with van der Waals surface area (Å²) in [7, 11) is 0. The number of hydrogen-bond acceptors (Lipinski definition) is 4. The van der Waals surface area contributed by atoms with Crippen molar-refractivity contribution < 1.29 is 19.5 Å². The van der Waals surface area contributed by atoms with E-state index in [4.69, 9.17) is 28.2 Å². The normalized spacial score (nSPS) is 21.8. The SMILES string of the molecule is CC(=O)N1c2ccc(C(=O)O)cc2N=C2CC(C)(C)CC(=O)C2C1c1ccc(Cl)cc1Cl. The summed E-state index contributed by atoms with van der Waals surface area (Å²) in [5.74, 6) is -2.14. The summed E-state index contributed by atoms with van der Waals surface area (Å²) in [6, 6.07) is 8.70. The van der Waals surface area contributed by atoms with Crippen LogP contribution in [0.4, 0.5) is 11.4 Å². The molecular weight excluding hydrogens is 451 g/mol. The van der Waals surface area contributed by atoms with Crippen LogP contribution >= 0.6 is 23.2 Å². The Kier molecular flexibility index (Phi) is 5.63. The van der Waals surface area contributed by atoms with Gasteiger partial charge in [-0.1, -0.05) is 43.1 Å². The highest BCUT2D eigenvalue weighted by molar-refractivity contribution is 6.35. The van der Waals surface area contributed by atoms with E-state index in [1.165, 1.54) is 24.0 Å². The second-order valence-corrected chi connectivity index (χ2v) is 9.92. The first-order valence-electron chi connectivity index (χ1n) is 10.2. The lowest BCUT2D eigenvalue weighted by Crippen LogP contribution is -2.47. The lowest BCUT2D eigenvalue weighted by Gasteiger charge is -2.41. The molecular formula is C24H22Cl2N2O4. The number of carbonyl (C=O) groups excluding carboxylic acids is 2. The zero-order valence-corrected chi connectivity index (χ0v) is 19.4. The summed E-state index contributed by atoms with van der Waals surface area (Å²) in [5, 5.41) is 10.3. The van der Waals surface area contributed by atoms with E-state index in [2.05, 4.69) is 0 Å². The molecule has 2 aromatic rings. The molecule has 6 nitrogen and oxygen atoms in total. The number of amides is 1. The molecule has 0 aromatic heterocycles. The molecule has 32 heavy (non-hydrogen) atoms. The number of carboxylic acids is 1. The lowest BCUT2D eigenvalue weighted by molar-refractivity contribution is -0.124. The van der Waals surface area contributed by atoms with E-state index >= 15 is 0 Å². The number of halogens is 2. The molecule has 0 spiro atoms. The first-order chi connectivity index (χ1) is 15.0. The van der Waals surface area contributed by atoms with E-state index in [0.717, 1.165) is 0 Å². The Morgan fingerprint density at radius 1 is 1.12 bits per heavy atom. The molecule has 1 fully saturated rings. The topological polar surface area (TPSA) is 87.0 Å². The Balaban J connectivity index is 2.03. The second kappa shape index (κ2) is 8.01. The maximum atomic E-state index is 13.5. The highest BCUT2D eigenvalue weighted by Gasteiger charge is 2.47. The van der Waals surface area contributed by atoms with Crippen molar-refractivity contribution in [3.8, 4) is 0 Å². The minimum atomic E-state index is -1.10. The molecule has 0 saturated heterocycles. The molecule has 8 heteroatoms. The molecule has 2 unspecified atom stereocenters. The first-order valence-corrected chi connectivity index (χ1v) is 11.0. The monoisotopic (exact) mass is 472 g/mol. The van der Waals surface area contributed by atoms with Crippen molar-refractivity contribution in [2.45, 2.75) is 39.7 Å². The summed E-state index contributed by atoms with van der Waals surface area (Å²) in [6.45, 7) is 5.40. The van der Waals surface area contributed by atoms with Crippen molar-refractivity contribution in [2.24, 2.45) is 16.3 Å². The summed E-state index contributed by atoms with van der Waals surface area (Å²) < 4.78 is 0. The predicted molar refractivity (Wildman–Crippen MR) is 124 cm³/mol. The number of hydrogen-bond donors (Lipinski definition) is 1. The number of rotatable bonds is 2. The fourth-order valence-corrected chi connectivity index (χ4v) is 5.25. The van der Waals surface area contributed by atoms with Crippen LogP contribution in [0.15, 0.2) is 41.4 Å². The minimum Gasteiger partial charge on any atom is -0.478 e. The van der Waals surface area contributed by atoms with Crippen LogP contribution in [0.25, 0.3) is 0 Å². The molecule has 1 saturated carbocycles. The van der Waals surface area contributed by atoms with Gasteiger partial charge in [-0.05, 0) is 47.7 Å². The van der Waals surface area contributed by atoms with E-state index < -0.39 is 17.9 Å². The van der Waals surface area contributed by atoms with Crippen LogP contribution < -0.4 is 4.90 Å². The van der Waals surface area contributed by atoms with Gasteiger partial charge in [-0.15, -0.1) is 0 Å². The Bertz CT molecular complexity index is 1190. The van der Waals surface area contributed by atoms with E-state index in [1.807, 2.05) is 13.8 Å². The highest BCUT2D eigenvalue weighted by atomic mass is 35.5. The Hall–Kier alpha value is -2.70. The Labute approximate surface area is 195 Å². The molecule has 1 aliphatic heterocycles. The fraction of sp³-hybridized carbons (Fsp3) is 0.333. The van der Waals surface area contributed by atoms with Crippen LogP contribution in [0.1, 0.15) is 55.6 Å². The van der Waals surface area contributed by atoms with Gasteiger partial charge in [0.25, 0.3) is 0 Å². The van der Waals surface area contributed by atoms with E-state index in [1.54, 1.807) is 24.3 Å². The third-order valence-electron chi connectivity index (χ3n) is 5.98. The summed E-state index contributed by atoms with van der Waals surface area (Å²) >= 11 is 12.7. The average molecular weight is 473 g/mol. The number of aromatic carboxylic acids is 1. The van der Waals surface area contributed by atoms with E-state index in [0.29, 0.717) is 45.5 Å². The van der Waals surface area contributed by atoms with Gasteiger partial charge in [0.1, 0.15) is 5.78 Å². The number of carboxylic acid groups (broad SMARTS) is 1. The van der Waals surface area contributed by atoms with Crippen molar-refractivity contribution in [1.29, 1.82) is 0 Å². The zero-order chi connectivity index (χ0) is 23.4. The fourth-order valence-electron chi connectivity index (χ4n) is 4.73. The highest BCUT2D eigenvalue weighted by Crippen LogP contribution is 2.49. The van der Waals surface area contributed by atoms with E-state index in [-0.39, 0.29) is 22.7 Å². The van der Waals surface area contributed by atoms with Gasteiger partial charge in [0.15, 0.2) is 0 Å². The minimum absolute atomic E-state index is 0.0338. The molecule has 0 radical (unpaired) electrons. The number of aliphatic imine (C=N–C) groups is 1. The lowest BCUT2D eigenvalue weighted by atomic mass is 9.68. The van der Waals surface area contributed by atoms with Gasteiger partial charge in [-0.2, -0.15) is 0 Å². The molecule has 2 aromatic carbocycles. The molecule has 166 valence electrons. The van der Waals surface area contributed by atoms with Gasteiger partial charge in [0.05, 0.1) is 28.9 Å². The standard InChI is InChI=1S/C24H22Cl2N2O4/c1-12(29)28-19-7-4-13(23(31)32)8-17(19)27-18-10-24(2,3)11-20(30)21(18)22(28)15-6-5-14(25)9-16(15)26/h4-9,21-22H,10-11H2,1-3H3,(H,31,32). The largest absolute Gasteiger partial charge is 0.478 e. The molecule has 2 atom stereocenters. The second-order valence-electron chi connectivity index (χ2n) is 9.07. The Morgan fingerprint density at radius 3 is 2.47 bits per heavy atom. The molecule has 1 heterocycles. The van der Waals surface area contributed by atoms with Gasteiger partial charge in [0.2, 0.25) is 5.91 Å². The molecule has 1 amide bonds. The van der Waals surface area contributed by atoms with Gasteiger partial charge in [0, 0.05) is 29.1 Å². The van der Waals surface area contributed by atoms with Crippen LogP contribution in [0, 0.1) is 11.3 Å². The number of benzene rings is 2. The maximum absolute atomic E-state index is 13.5. The van der Waals surface area contributed by atoms with Crippen LogP contribution in [-0.4, -0.2) is 28.5 Å². The molecule has 1 aliphatic carbocycles. The number of nitrogens with zero attached hydrogens (tertiary/aromatic N) is 2.